The molecule has 1 saturated carbocycles. The van der Waals surface area contributed by atoms with Crippen molar-refractivity contribution < 1.29 is 8.42 Å². The maximum Gasteiger partial charge on any atom is 0.157 e. The van der Waals surface area contributed by atoms with Crippen LogP contribution in [0.2, 0.25) is 0 Å². The van der Waals surface area contributed by atoms with Crippen molar-refractivity contribution >= 4 is 9.84 Å². The molecule has 2 rings (SSSR count). The molecule has 3 nitrogen and oxygen atoms in total. The predicted octanol–water partition coefficient (Wildman–Crippen LogP) is 1.74. The number of hydrogen-bond acceptors (Lipinski definition) is 3. The third-order valence-electron chi connectivity index (χ3n) is 3.51. The third kappa shape index (κ3) is 3.07. The molecule has 0 spiro atoms. The first-order chi connectivity index (χ1) is 8.12. The average Bonchev–Trinajstić information content (AvgIpc) is 2.79. The third-order valence-corrected chi connectivity index (χ3v) is 5.69. The van der Waals surface area contributed by atoms with E-state index in [0.29, 0.717) is 6.04 Å². The Morgan fingerprint density at radius 3 is 2.53 bits per heavy atom. The molecule has 1 aliphatic carbocycles. The van der Waals surface area contributed by atoms with Crippen LogP contribution in [0, 0.1) is 0 Å². The summed E-state index contributed by atoms with van der Waals surface area (Å²) in [5.41, 5.74) is 0.889. The lowest BCUT2D eigenvalue weighted by Gasteiger charge is -2.12. The smallest absolute Gasteiger partial charge is 0.157 e. The van der Waals surface area contributed by atoms with Crippen molar-refractivity contribution in [1.29, 1.82) is 0 Å². The van der Waals surface area contributed by atoms with E-state index in [1.807, 2.05) is 37.4 Å². The fourth-order valence-electron chi connectivity index (χ4n) is 2.45. The Kier molecular flexibility index (Phi) is 3.84. The van der Waals surface area contributed by atoms with Gasteiger partial charge in [-0.15, -0.1) is 0 Å². The molecule has 0 saturated heterocycles. The molecular weight excluding hydrogens is 234 g/mol. The summed E-state index contributed by atoms with van der Waals surface area (Å²) in [7, 11) is -1.10. The summed E-state index contributed by atoms with van der Waals surface area (Å²) in [6.07, 6.45) is 2.52. The Hall–Kier alpha value is -0.870. The van der Waals surface area contributed by atoms with Crippen molar-refractivity contribution in [3.05, 3.63) is 35.9 Å². The van der Waals surface area contributed by atoms with Crippen molar-refractivity contribution in [2.45, 2.75) is 36.3 Å². The van der Waals surface area contributed by atoms with Gasteiger partial charge < -0.3 is 5.32 Å². The van der Waals surface area contributed by atoms with Gasteiger partial charge in [0.05, 0.1) is 11.0 Å². The SMILES string of the molecule is CNC1CCC(S(=O)(=O)Cc2ccccc2)C1. The maximum absolute atomic E-state index is 12.2. The van der Waals surface area contributed by atoms with E-state index < -0.39 is 9.84 Å². The summed E-state index contributed by atoms with van der Waals surface area (Å²) in [6.45, 7) is 0. The molecule has 1 fully saturated rings. The van der Waals surface area contributed by atoms with Gasteiger partial charge in [0.15, 0.2) is 9.84 Å². The van der Waals surface area contributed by atoms with Gasteiger partial charge in [-0.2, -0.15) is 0 Å². The molecule has 0 radical (unpaired) electrons. The van der Waals surface area contributed by atoms with Crippen LogP contribution in [-0.4, -0.2) is 26.8 Å². The first-order valence-electron chi connectivity index (χ1n) is 6.04. The zero-order valence-electron chi connectivity index (χ0n) is 10.1. The monoisotopic (exact) mass is 253 g/mol. The van der Waals surface area contributed by atoms with Crippen LogP contribution in [0.5, 0.6) is 0 Å². The van der Waals surface area contributed by atoms with E-state index in [0.717, 1.165) is 24.8 Å². The number of hydrogen-bond donors (Lipinski definition) is 1. The molecule has 17 heavy (non-hydrogen) atoms. The second-order valence-corrected chi connectivity index (χ2v) is 6.99. The summed E-state index contributed by atoms with van der Waals surface area (Å²) in [4.78, 5) is 0. The standard InChI is InChI=1S/C13H19NO2S/c1-14-12-7-8-13(9-12)17(15,16)10-11-5-3-2-4-6-11/h2-6,12-14H,7-10H2,1H3. The molecule has 1 aliphatic rings. The fraction of sp³-hybridized carbons (Fsp3) is 0.538. The van der Waals surface area contributed by atoms with Gasteiger partial charge in [-0.1, -0.05) is 30.3 Å². The van der Waals surface area contributed by atoms with Gasteiger partial charge in [-0.25, -0.2) is 8.42 Å². The highest BCUT2D eigenvalue weighted by Crippen LogP contribution is 2.27. The molecule has 4 heteroatoms. The normalized spacial score (nSPS) is 25.0. The highest BCUT2D eigenvalue weighted by molar-refractivity contribution is 7.91. The summed E-state index contributed by atoms with van der Waals surface area (Å²) in [5, 5.41) is 3.00. The molecule has 94 valence electrons. The average molecular weight is 253 g/mol. The van der Waals surface area contributed by atoms with E-state index in [4.69, 9.17) is 0 Å². The van der Waals surface area contributed by atoms with Crippen molar-refractivity contribution in [3.63, 3.8) is 0 Å². The summed E-state index contributed by atoms with van der Waals surface area (Å²) in [6, 6.07) is 9.80. The molecule has 0 bridgehead atoms. The van der Waals surface area contributed by atoms with Crippen LogP contribution < -0.4 is 5.32 Å². The zero-order valence-corrected chi connectivity index (χ0v) is 10.9. The Balaban J connectivity index is 2.05. The zero-order chi connectivity index (χ0) is 12.3. The van der Waals surface area contributed by atoms with Crippen LogP contribution in [0.3, 0.4) is 0 Å². The van der Waals surface area contributed by atoms with Crippen molar-refractivity contribution in [2.75, 3.05) is 7.05 Å². The molecule has 1 aromatic rings. The van der Waals surface area contributed by atoms with Crippen LogP contribution >= 0.6 is 0 Å². The molecule has 2 unspecified atom stereocenters. The van der Waals surface area contributed by atoms with Crippen LogP contribution in [-0.2, 0) is 15.6 Å². The summed E-state index contributed by atoms with van der Waals surface area (Å²) < 4.78 is 24.5. The Bertz CT molecular complexity index is 456. The molecule has 0 aromatic heterocycles. The highest BCUT2D eigenvalue weighted by atomic mass is 32.2. The molecule has 0 heterocycles. The number of nitrogens with one attached hydrogen (secondary N) is 1. The van der Waals surface area contributed by atoms with E-state index in [9.17, 15) is 8.42 Å². The fourth-order valence-corrected chi connectivity index (χ4v) is 4.37. The molecule has 1 N–H and O–H groups in total. The highest BCUT2D eigenvalue weighted by Gasteiger charge is 2.33. The first kappa shape index (κ1) is 12.6. The number of benzene rings is 1. The Morgan fingerprint density at radius 1 is 1.24 bits per heavy atom. The number of sulfone groups is 1. The lowest BCUT2D eigenvalue weighted by molar-refractivity contribution is 0.564. The molecule has 1 aromatic carbocycles. The van der Waals surface area contributed by atoms with Crippen LogP contribution in [0.1, 0.15) is 24.8 Å². The van der Waals surface area contributed by atoms with Gasteiger partial charge in [0.1, 0.15) is 0 Å². The van der Waals surface area contributed by atoms with Gasteiger partial charge in [0, 0.05) is 6.04 Å². The van der Waals surface area contributed by atoms with Crippen LogP contribution in [0.4, 0.5) is 0 Å². The lowest BCUT2D eigenvalue weighted by atomic mass is 10.2. The summed E-state index contributed by atoms with van der Waals surface area (Å²) >= 11 is 0. The largest absolute Gasteiger partial charge is 0.317 e. The summed E-state index contributed by atoms with van der Waals surface area (Å²) in [5.74, 6) is 0.176. The van der Waals surface area contributed by atoms with E-state index in [2.05, 4.69) is 5.32 Å². The molecule has 0 aliphatic heterocycles. The van der Waals surface area contributed by atoms with E-state index in [1.54, 1.807) is 0 Å². The Labute approximate surface area is 103 Å². The van der Waals surface area contributed by atoms with Crippen molar-refractivity contribution in [1.82, 2.24) is 5.32 Å². The van der Waals surface area contributed by atoms with E-state index in [1.165, 1.54) is 0 Å². The van der Waals surface area contributed by atoms with Crippen molar-refractivity contribution in [3.8, 4) is 0 Å². The minimum Gasteiger partial charge on any atom is -0.317 e. The van der Waals surface area contributed by atoms with Gasteiger partial charge in [-0.3, -0.25) is 0 Å². The Morgan fingerprint density at radius 2 is 1.94 bits per heavy atom. The maximum atomic E-state index is 12.2. The molecule has 2 atom stereocenters. The van der Waals surface area contributed by atoms with Crippen molar-refractivity contribution in [2.24, 2.45) is 0 Å². The van der Waals surface area contributed by atoms with E-state index in [-0.39, 0.29) is 11.0 Å². The van der Waals surface area contributed by atoms with Gasteiger partial charge in [0.25, 0.3) is 0 Å². The topological polar surface area (TPSA) is 46.2 Å². The van der Waals surface area contributed by atoms with Crippen LogP contribution in [0.15, 0.2) is 30.3 Å². The minimum atomic E-state index is -3.00. The van der Waals surface area contributed by atoms with Gasteiger partial charge in [-0.05, 0) is 31.9 Å². The van der Waals surface area contributed by atoms with E-state index >= 15 is 0 Å². The quantitative estimate of drug-likeness (QED) is 0.889. The molecule has 0 amide bonds. The number of rotatable bonds is 4. The van der Waals surface area contributed by atoms with Gasteiger partial charge in [0.2, 0.25) is 0 Å². The molecular formula is C13H19NO2S. The second kappa shape index (κ2) is 5.19. The second-order valence-electron chi connectivity index (χ2n) is 4.71. The minimum absolute atomic E-state index is 0.167. The first-order valence-corrected chi connectivity index (χ1v) is 7.76. The predicted molar refractivity (Wildman–Crippen MR) is 69.6 cm³/mol. The lowest BCUT2D eigenvalue weighted by Crippen LogP contribution is -2.25. The van der Waals surface area contributed by atoms with Crippen LogP contribution in [0.25, 0.3) is 0 Å². The van der Waals surface area contributed by atoms with Gasteiger partial charge >= 0.3 is 0 Å².